The maximum absolute atomic E-state index is 12.8. The van der Waals surface area contributed by atoms with Crippen LogP contribution in [0.4, 0.5) is 0 Å². The Morgan fingerprint density at radius 3 is 1.24 bits per heavy atom. The van der Waals surface area contributed by atoms with E-state index in [9.17, 15) is 37.9 Å². The van der Waals surface area contributed by atoms with Crippen molar-refractivity contribution in [2.45, 2.75) is 263 Å². The van der Waals surface area contributed by atoms with Gasteiger partial charge in [-0.15, -0.1) is 0 Å². The fourth-order valence-corrected chi connectivity index (χ4v) is 8.37. The van der Waals surface area contributed by atoms with Crippen molar-refractivity contribution in [2.75, 3.05) is 19.0 Å². The van der Waals surface area contributed by atoms with E-state index in [1.54, 1.807) is 0 Å². The van der Waals surface area contributed by atoms with E-state index in [0.717, 1.165) is 38.5 Å². The van der Waals surface area contributed by atoms with Gasteiger partial charge in [0.25, 0.3) is 10.1 Å². The minimum absolute atomic E-state index is 0.173. The van der Waals surface area contributed by atoms with Gasteiger partial charge in [-0.25, -0.2) is 0 Å². The topological polar surface area (TPSA) is 186 Å². The molecular weight excluding hydrogens is 777 g/mol. The van der Waals surface area contributed by atoms with Crippen LogP contribution in [-0.4, -0.2) is 96.0 Å². The van der Waals surface area contributed by atoms with Gasteiger partial charge in [0.15, 0.2) is 12.4 Å². The molecule has 0 spiro atoms. The minimum atomic E-state index is -4.60. The van der Waals surface area contributed by atoms with E-state index in [0.29, 0.717) is 12.8 Å². The first-order chi connectivity index (χ1) is 28.5. The number of unbranched alkanes of at least 4 members (excludes halogenated alkanes) is 29. The summed E-state index contributed by atoms with van der Waals surface area (Å²) in [5.41, 5.74) is 0. The molecule has 1 aliphatic rings. The number of hydrogen-bond donors (Lipinski definition) is 4. The van der Waals surface area contributed by atoms with E-state index >= 15 is 0 Å². The third-order valence-corrected chi connectivity index (χ3v) is 12.2. The second-order valence-corrected chi connectivity index (χ2v) is 18.6. The highest BCUT2D eigenvalue weighted by Gasteiger charge is 2.46. The first-order valence-corrected chi connectivity index (χ1v) is 25.7. The lowest BCUT2D eigenvalue weighted by molar-refractivity contribution is -0.297. The van der Waals surface area contributed by atoms with Crippen molar-refractivity contribution < 1.29 is 56.8 Å². The summed E-state index contributed by atoms with van der Waals surface area (Å²) in [6.07, 6.45) is 28.6. The highest BCUT2D eigenvalue weighted by atomic mass is 32.2. The molecule has 0 radical (unpaired) electrons. The van der Waals surface area contributed by atoms with Gasteiger partial charge in [0.05, 0.1) is 6.61 Å². The molecule has 1 aliphatic heterocycles. The third kappa shape index (κ3) is 32.1. The average molecular weight is 865 g/mol. The molecule has 350 valence electrons. The van der Waals surface area contributed by atoms with Gasteiger partial charge in [0.1, 0.15) is 36.8 Å². The van der Waals surface area contributed by atoms with Gasteiger partial charge in [-0.1, -0.05) is 200 Å². The van der Waals surface area contributed by atoms with Gasteiger partial charge in [-0.3, -0.25) is 14.1 Å². The Kier molecular flexibility index (Phi) is 35.1. The summed E-state index contributed by atoms with van der Waals surface area (Å²) in [6.45, 7) is 3.79. The first-order valence-electron chi connectivity index (χ1n) is 24.1. The zero-order valence-corrected chi connectivity index (χ0v) is 38.2. The first kappa shape index (κ1) is 55.7. The van der Waals surface area contributed by atoms with Crippen molar-refractivity contribution in [1.29, 1.82) is 0 Å². The quantitative estimate of drug-likeness (QED) is 0.0259. The fourth-order valence-electron chi connectivity index (χ4n) is 7.68. The van der Waals surface area contributed by atoms with Gasteiger partial charge in [0, 0.05) is 12.8 Å². The molecule has 1 rings (SSSR count). The van der Waals surface area contributed by atoms with Crippen molar-refractivity contribution in [3.63, 3.8) is 0 Å². The van der Waals surface area contributed by atoms with Crippen LogP contribution in [0.1, 0.15) is 226 Å². The number of rotatable bonds is 41. The highest BCUT2D eigenvalue weighted by molar-refractivity contribution is 7.85. The van der Waals surface area contributed by atoms with Crippen LogP contribution in [0.5, 0.6) is 0 Å². The summed E-state index contributed by atoms with van der Waals surface area (Å²) < 4.78 is 54.1. The molecule has 12 nitrogen and oxygen atoms in total. The second-order valence-electron chi connectivity index (χ2n) is 17.1. The molecule has 1 fully saturated rings. The minimum Gasteiger partial charge on any atom is -0.462 e. The molecule has 13 heteroatoms. The van der Waals surface area contributed by atoms with Gasteiger partial charge < -0.3 is 34.3 Å². The monoisotopic (exact) mass is 865 g/mol. The van der Waals surface area contributed by atoms with Crippen LogP contribution in [-0.2, 0) is 38.7 Å². The maximum Gasteiger partial charge on any atom is 0.306 e. The van der Waals surface area contributed by atoms with E-state index in [4.69, 9.17) is 18.9 Å². The summed E-state index contributed by atoms with van der Waals surface area (Å²) >= 11 is 0. The third-order valence-electron chi connectivity index (χ3n) is 11.4. The van der Waals surface area contributed by atoms with E-state index in [-0.39, 0.29) is 19.4 Å². The Bertz CT molecular complexity index is 1110. The molecule has 1 heterocycles. The molecule has 6 unspecified atom stereocenters. The van der Waals surface area contributed by atoms with Crippen molar-refractivity contribution in [2.24, 2.45) is 0 Å². The summed E-state index contributed by atoms with van der Waals surface area (Å²) in [5, 5.41) is 30.9. The van der Waals surface area contributed by atoms with Crippen LogP contribution in [0.25, 0.3) is 0 Å². The summed E-state index contributed by atoms with van der Waals surface area (Å²) in [6, 6.07) is 0. The second kappa shape index (κ2) is 37.2. The molecule has 59 heavy (non-hydrogen) atoms. The number of carbonyl (C=O) groups excluding carboxylic acids is 2. The average Bonchev–Trinajstić information content (AvgIpc) is 3.20. The van der Waals surface area contributed by atoms with Gasteiger partial charge in [-0.2, -0.15) is 8.42 Å². The van der Waals surface area contributed by atoms with Crippen molar-refractivity contribution in [3.8, 4) is 0 Å². The summed E-state index contributed by atoms with van der Waals surface area (Å²) in [5.74, 6) is -1.96. The molecule has 0 saturated carbocycles. The highest BCUT2D eigenvalue weighted by Crippen LogP contribution is 2.24. The molecule has 0 amide bonds. The molecule has 0 aromatic rings. The molecule has 0 aromatic heterocycles. The van der Waals surface area contributed by atoms with Gasteiger partial charge in [0.2, 0.25) is 0 Å². The SMILES string of the molecule is CCCCCCCCCCCCCCCCCCCC(=O)OC(COC(=O)CCCCCCCCCCCCCCCC)COC1OC(CS(=O)(=O)O)C(O)C(O)C1O. The van der Waals surface area contributed by atoms with Gasteiger partial charge >= 0.3 is 11.9 Å². The number of hydrogen-bond acceptors (Lipinski definition) is 11. The molecule has 0 aromatic carbocycles. The van der Waals surface area contributed by atoms with E-state index in [2.05, 4.69) is 13.8 Å². The van der Waals surface area contributed by atoms with Crippen molar-refractivity contribution in [3.05, 3.63) is 0 Å². The lowest BCUT2D eigenvalue weighted by Gasteiger charge is -2.40. The number of ether oxygens (including phenoxy) is 4. The lowest BCUT2D eigenvalue weighted by atomic mass is 10.00. The zero-order chi connectivity index (χ0) is 43.4. The predicted octanol–water partition coefficient (Wildman–Crippen LogP) is 10.1. The van der Waals surface area contributed by atoms with Gasteiger partial charge in [-0.05, 0) is 12.8 Å². The number of esters is 2. The number of aliphatic hydroxyl groups is 3. The number of carbonyl (C=O) groups is 2. The zero-order valence-electron chi connectivity index (χ0n) is 37.4. The summed E-state index contributed by atoms with van der Waals surface area (Å²) in [4.78, 5) is 25.4. The van der Waals surface area contributed by atoms with Crippen LogP contribution in [0, 0.1) is 0 Å². The maximum atomic E-state index is 12.8. The standard InChI is InChI=1S/C46H88O12S/c1-3-5-7-9-11-13-15-17-19-20-21-23-25-27-29-31-33-35-42(48)57-39(37-56-46-45(51)44(50)43(49)40(58-46)38-59(52,53)54)36-55-41(47)34-32-30-28-26-24-22-18-16-14-12-10-8-6-4-2/h39-40,43-46,49-51H,3-38H2,1-2H3,(H,52,53,54). The summed E-state index contributed by atoms with van der Waals surface area (Å²) in [7, 11) is -4.60. The van der Waals surface area contributed by atoms with Crippen LogP contribution in [0.15, 0.2) is 0 Å². The lowest BCUT2D eigenvalue weighted by Crippen LogP contribution is -2.60. The van der Waals surface area contributed by atoms with Crippen LogP contribution in [0.3, 0.4) is 0 Å². The van der Waals surface area contributed by atoms with E-state index < -0.39 is 71.2 Å². The van der Waals surface area contributed by atoms with E-state index in [1.807, 2.05) is 0 Å². The Labute approximate surface area is 359 Å². The van der Waals surface area contributed by atoms with Crippen molar-refractivity contribution >= 4 is 22.1 Å². The van der Waals surface area contributed by atoms with Crippen LogP contribution in [0.2, 0.25) is 0 Å². The Morgan fingerprint density at radius 1 is 0.508 bits per heavy atom. The molecule has 4 N–H and O–H groups in total. The fraction of sp³-hybridized carbons (Fsp3) is 0.957. The smallest absolute Gasteiger partial charge is 0.306 e. The van der Waals surface area contributed by atoms with Crippen molar-refractivity contribution in [1.82, 2.24) is 0 Å². The molecule has 1 saturated heterocycles. The normalized spacial score (nSPS) is 20.1. The molecular formula is C46H88O12S. The largest absolute Gasteiger partial charge is 0.462 e. The Balaban J connectivity index is 2.40. The predicted molar refractivity (Wildman–Crippen MR) is 234 cm³/mol. The molecule has 0 bridgehead atoms. The molecule has 6 atom stereocenters. The Morgan fingerprint density at radius 2 is 0.864 bits per heavy atom. The molecule has 0 aliphatic carbocycles. The van der Waals surface area contributed by atoms with Crippen LogP contribution < -0.4 is 0 Å². The number of aliphatic hydroxyl groups excluding tert-OH is 3. The van der Waals surface area contributed by atoms with Crippen LogP contribution >= 0.6 is 0 Å². The van der Waals surface area contributed by atoms with E-state index in [1.165, 1.54) is 148 Å². The Hall–Kier alpha value is -1.35.